The number of carbonyl (C=O) groups excluding carboxylic acids is 2. The van der Waals surface area contributed by atoms with Crippen LogP contribution in [0.4, 0.5) is 0 Å². The summed E-state index contributed by atoms with van der Waals surface area (Å²) in [5.74, 6) is -0.0732. The number of esters is 1. The highest BCUT2D eigenvalue weighted by molar-refractivity contribution is 5.76. The van der Waals surface area contributed by atoms with E-state index in [1.54, 1.807) is 0 Å². The molecule has 0 radical (unpaired) electrons. The van der Waals surface area contributed by atoms with Crippen molar-refractivity contribution in [3.8, 4) is 0 Å². The van der Waals surface area contributed by atoms with Gasteiger partial charge in [-0.1, -0.05) is 346 Å². The zero-order valence-electron chi connectivity index (χ0n) is 53.4. The standard InChI is InChI=1S/C73H139NO5/c1-3-5-7-9-11-13-15-17-19-21-22-23-24-25-27-30-34-37-41-45-49-53-57-61-65-71(76)70(69-75)74-72(77)66-62-58-54-50-46-42-38-35-31-28-26-29-32-36-40-44-48-52-56-60-64-68-79-73(78)67-63-59-55-51-47-43-39-33-20-18-16-14-12-10-8-6-4-2/h18,20,44,48,56,60,70-71,75-76H,3-17,19,21-43,45-47,49-55,57-59,61-69H2,1-2H3,(H,74,77)/b20-18-,48-44-,60-56-. The van der Waals surface area contributed by atoms with E-state index in [2.05, 4.69) is 55.6 Å². The monoisotopic (exact) mass is 1110 g/mol. The van der Waals surface area contributed by atoms with E-state index in [0.717, 1.165) is 51.4 Å². The Morgan fingerprint density at radius 1 is 0.354 bits per heavy atom. The van der Waals surface area contributed by atoms with Gasteiger partial charge in [-0.05, 0) is 70.6 Å². The Labute approximate surface area is 494 Å². The second-order valence-electron chi connectivity index (χ2n) is 24.6. The first-order chi connectivity index (χ1) is 39.0. The van der Waals surface area contributed by atoms with Gasteiger partial charge in [-0.15, -0.1) is 0 Å². The van der Waals surface area contributed by atoms with Crippen LogP contribution in [0.15, 0.2) is 36.5 Å². The van der Waals surface area contributed by atoms with Crippen molar-refractivity contribution in [1.29, 1.82) is 0 Å². The lowest BCUT2D eigenvalue weighted by Gasteiger charge is -2.22. The van der Waals surface area contributed by atoms with Gasteiger partial charge >= 0.3 is 5.97 Å². The highest BCUT2D eigenvalue weighted by Gasteiger charge is 2.20. The summed E-state index contributed by atoms with van der Waals surface area (Å²) >= 11 is 0. The Morgan fingerprint density at radius 2 is 0.633 bits per heavy atom. The lowest BCUT2D eigenvalue weighted by molar-refractivity contribution is -0.143. The van der Waals surface area contributed by atoms with Crippen LogP contribution in [0.5, 0.6) is 0 Å². The SMILES string of the molecule is CCCCCCCC/C=C\CCCCCCCCCC(=O)OCC/C=C\C/C=C\CCCCCCCCCCCCCCCCC(=O)NC(CO)C(O)CCCCCCCCCCCCCCCCCCCCCCCCCC. The van der Waals surface area contributed by atoms with E-state index in [0.29, 0.717) is 25.9 Å². The largest absolute Gasteiger partial charge is 0.465 e. The van der Waals surface area contributed by atoms with Crippen molar-refractivity contribution in [2.24, 2.45) is 0 Å². The van der Waals surface area contributed by atoms with Crippen LogP contribution >= 0.6 is 0 Å². The van der Waals surface area contributed by atoms with Crippen LogP contribution in [-0.2, 0) is 14.3 Å². The molecule has 3 N–H and O–H groups in total. The number of unbranched alkanes of at least 4 members (excludes halogenated alkanes) is 50. The number of aliphatic hydroxyl groups excluding tert-OH is 2. The molecule has 0 saturated heterocycles. The minimum absolute atomic E-state index is 0.0355. The van der Waals surface area contributed by atoms with Crippen molar-refractivity contribution in [2.45, 2.75) is 405 Å². The van der Waals surface area contributed by atoms with Gasteiger partial charge in [-0.2, -0.15) is 0 Å². The van der Waals surface area contributed by atoms with Gasteiger partial charge in [0.1, 0.15) is 0 Å². The van der Waals surface area contributed by atoms with E-state index in [1.165, 1.54) is 308 Å². The Bertz CT molecular complexity index is 1280. The summed E-state index contributed by atoms with van der Waals surface area (Å²) in [6.45, 7) is 4.87. The molecule has 0 saturated carbocycles. The third-order valence-corrected chi connectivity index (χ3v) is 16.7. The van der Waals surface area contributed by atoms with E-state index < -0.39 is 12.1 Å². The number of hydrogen-bond acceptors (Lipinski definition) is 5. The molecule has 2 atom stereocenters. The van der Waals surface area contributed by atoms with Crippen molar-refractivity contribution in [3.63, 3.8) is 0 Å². The molecule has 1 amide bonds. The topological polar surface area (TPSA) is 95.9 Å². The van der Waals surface area contributed by atoms with Gasteiger partial charge in [0, 0.05) is 12.8 Å². The summed E-state index contributed by atoms with van der Waals surface area (Å²) in [6.07, 6.45) is 87.7. The van der Waals surface area contributed by atoms with Gasteiger partial charge < -0.3 is 20.3 Å². The molecule has 79 heavy (non-hydrogen) atoms. The van der Waals surface area contributed by atoms with Crippen LogP contribution in [0.2, 0.25) is 0 Å². The fraction of sp³-hybridized carbons (Fsp3) is 0.890. The predicted molar refractivity (Wildman–Crippen MR) is 347 cm³/mol. The second kappa shape index (κ2) is 68.6. The maximum absolute atomic E-state index is 12.6. The van der Waals surface area contributed by atoms with Crippen LogP contribution in [0.25, 0.3) is 0 Å². The zero-order chi connectivity index (χ0) is 57.1. The molecular formula is C73H139NO5. The van der Waals surface area contributed by atoms with Crippen molar-refractivity contribution in [3.05, 3.63) is 36.5 Å². The normalized spacial score (nSPS) is 12.7. The van der Waals surface area contributed by atoms with Crippen LogP contribution in [0.3, 0.4) is 0 Å². The number of rotatable bonds is 67. The highest BCUT2D eigenvalue weighted by atomic mass is 16.5. The predicted octanol–water partition coefficient (Wildman–Crippen LogP) is 23.1. The molecule has 0 heterocycles. The minimum atomic E-state index is -0.670. The van der Waals surface area contributed by atoms with Gasteiger partial charge in [0.25, 0.3) is 0 Å². The van der Waals surface area contributed by atoms with Crippen molar-refractivity contribution >= 4 is 11.9 Å². The van der Waals surface area contributed by atoms with Crippen molar-refractivity contribution in [1.82, 2.24) is 5.32 Å². The molecule has 0 bridgehead atoms. The highest BCUT2D eigenvalue weighted by Crippen LogP contribution is 2.19. The molecule has 466 valence electrons. The second-order valence-corrected chi connectivity index (χ2v) is 24.6. The summed E-state index contributed by atoms with van der Waals surface area (Å²) < 4.78 is 5.43. The average Bonchev–Trinajstić information content (AvgIpc) is 3.45. The molecule has 0 aliphatic carbocycles. The molecule has 0 spiro atoms. The smallest absolute Gasteiger partial charge is 0.305 e. The fourth-order valence-electron chi connectivity index (χ4n) is 11.2. The third kappa shape index (κ3) is 65.1. The summed E-state index contributed by atoms with van der Waals surface area (Å²) in [6, 6.07) is -0.547. The lowest BCUT2D eigenvalue weighted by atomic mass is 10.0. The zero-order valence-corrected chi connectivity index (χ0v) is 53.4. The van der Waals surface area contributed by atoms with Gasteiger partial charge in [-0.25, -0.2) is 0 Å². The Hall–Kier alpha value is -1.92. The van der Waals surface area contributed by atoms with Gasteiger partial charge in [0.05, 0.1) is 25.4 Å². The van der Waals surface area contributed by atoms with Crippen molar-refractivity contribution in [2.75, 3.05) is 13.2 Å². The van der Waals surface area contributed by atoms with E-state index in [4.69, 9.17) is 4.74 Å². The van der Waals surface area contributed by atoms with Gasteiger partial charge in [-0.3, -0.25) is 9.59 Å². The summed E-state index contributed by atoms with van der Waals surface area (Å²) in [4.78, 5) is 24.6. The van der Waals surface area contributed by atoms with Crippen molar-refractivity contribution < 1.29 is 24.5 Å². The minimum Gasteiger partial charge on any atom is -0.465 e. The van der Waals surface area contributed by atoms with E-state index in [-0.39, 0.29) is 18.5 Å². The molecule has 0 aromatic heterocycles. The number of hydrogen-bond donors (Lipinski definition) is 3. The molecule has 0 aromatic rings. The first-order valence-electron chi connectivity index (χ1n) is 35.7. The Morgan fingerprint density at radius 3 is 0.975 bits per heavy atom. The summed E-state index contributed by atoms with van der Waals surface area (Å²) in [5.41, 5.74) is 0. The molecule has 0 fully saturated rings. The number of ether oxygens (including phenoxy) is 1. The number of nitrogens with one attached hydrogen (secondary N) is 1. The molecule has 6 nitrogen and oxygen atoms in total. The molecule has 2 unspecified atom stereocenters. The molecular weight excluding hydrogens is 971 g/mol. The van der Waals surface area contributed by atoms with Gasteiger partial charge in [0.15, 0.2) is 0 Å². The van der Waals surface area contributed by atoms with Gasteiger partial charge in [0.2, 0.25) is 5.91 Å². The van der Waals surface area contributed by atoms with Crippen LogP contribution < -0.4 is 5.32 Å². The van der Waals surface area contributed by atoms with E-state index in [1.807, 2.05) is 0 Å². The third-order valence-electron chi connectivity index (χ3n) is 16.7. The first kappa shape index (κ1) is 77.1. The number of aliphatic hydroxyl groups is 2. The first-order valence-corrected chi connectivity index (χ1v) is 35.7. The van der Waals surface area contributed by atoms with Crippen LogP contribution in [0, 0.1) is 0 Å². The molecule has 6 heteroatoms. The fourth-order valence-corrected chi connectivity index (χ4v) is 11.2. The van der Waals surface area contributed by atoms with Crippen LogP contribution in [0.1, 0.15) is 393 Å². The average molecular weight is 1110 g/mol. The van der Waals surface area contributed by atoms with Crippen LogP contribution in [-0.4, -0.2) is 47.4 Å². The Balaban J connectivity index is 3.44. The maximum atomic E-state index is 12.6. The number of amides is 1. The maximum Gasteiger partial charge on any atom is 0.305 e. The summed E-state index contributed by atoms with van der Waals surface area (Å²) in [5, 5.41) is 23.4. The number of allylic oxidation sites excluding steroid dienone is 5. The quantitative estimate of drug-likeness (QED) is 0.0320. The Kier molecular flexibility index (Phi) is 66.9. The number of carbonyl (C=O) groups is 2. The molecule has 0 rings (SSSR count). The molecule has 0 aliphatic rings. The van der Waals surface area contributed by atoms with E-state index in [9.17, 15) is 19.8 Å². The molecule has 0 aromatic carbocycles. The molecule has 0 aliphatic heterocycles. The summed E-state index contributed by atoms with van der Waals surface area (Å²) in [7, 11) is 0. The lowest BCUT2D eigenvalue weighted by Crippen LogP contribution is -2.45. The van der Waals surface area contributed by atoms with E-state index >= 15 is 0 Å².